The van der Waals surface area contributed by atoms with E-state index < -0.39 is 11.9 Å². The number of alkyl halides is 2. The number of benzene rings is 1. The van der Waals surface area contributed by atoms with Gasteiger partial charge in [-0.25, -0.2) is 4.79 Å². The summed E-state index contributed by atoms with van der Waals surface area (Å²) in [6.07, 6.45) is 0. The van der Waals surface area contributed by atoms with Crippen molar-refractivity contribution in [2.24, 2.45) is 0 Å². The Hall–Kier alpha value is -1.45. The van der Waals surface area contributed by atoms with Crippen molar-refractivity contribution >= 4 is 5.97 Å². The second-order valence-corrected chi connectivity index (χ2v) is 5.12. The molecule has 1 aromatic carbocycles. The molecule has 0 saturated carbocycles. The van der Waals surface area contributed by atoms with Crippen LogP contribution in [-0.2, 0) is 20.9 Å². The van der Waals surface area contributed by atoms with E-state index >= 15 is 0 Å². The van der Waals surface area contributed by atoms with Gasteiger partial charge in [-0.15, -0.1) is 0 Å². The topological polar surface area (TPSA) is 26.3 Å². The number of ether oxygens (including phenoxy) is 1. The van der Waals surface area contributed by atoms with Crippen molar-refractivity contribution in [1.29, 1.82) is 0 Å². The van der Waals surface area contributed by atoms with E-state index in [1.807, 2.05) is 20.8 Å². The molecule has 100 valence electrons. The van der Waals surface area contributed by atoms with Gasteiger partial charge in [0.2, 0.25) is 0 Å². The first-order valence-electron chi connectivity index (χ1n) is 5.85. The summed E-state index contributed by atoms with van der Waals surface area (Å²) in [6.45, 7) is 7.41. The highest BCUT2D eigenvalue weighted by Crippen LogP contribution is 2.31. The van der Waals surface area contributed by atoms with Gasteiger partial charge in [0.1, 0.15) is 0 Å². The number of carbonyl (C=O) groups is 1. The molecule has 0 aliphatic heterocycles. The molecule has 1 rings (SSSR count). The fraction of sp³-hybridized carbons (Fsp3) is 0.500. The molecule has 0 N–H and O–H groups in total. The number of carbonyl (C=O) groups excluding carboxylic acids is 1. The van der Waals surface area contributed by atoms with Gasteiger partial charge in [0, 0.05) is 5.56 Å². The van der Waals surface area contributed by atoms with Crippen LogP contribution in [0.15, 0.2) is 24.3 Å². The molecule has 0 unspecified atom stereocenters. The molecule has 2 nitrogen and oxygen atoms in total. The van der Waals surface area contributed by atoms with Gasteiger partial charge in [-0.1, -0.05) is 45.0 Å². The van der Waals surface area contributed by atoms with E-state index in [1.54, 1.807) is 12.1 Å². The van der Waals surface area contributed by atoms with E-state index in [-0.39, 0.29) is 17.6 Å². The Morgan fingerprint density at radius 2 is 1.56 bits per heavy atom. The maximum absolute atomic E-state index is 13.7. The van der Waals surface area contributed by atoms with Crippen LogP contribution in [0.2, 0.25) is 0 Å². The van der Waals surface area contributed by atoms with Crippen LogP contribution in [0.3, 0.4) is 0 Å². The predicted molar refractivity (Wildman–Crippen MR) is 65.7 cm³/mol. The third-order valence-electron chi connectivity index (χ3n) is 2.65. The van der Waals surface area contributed by atoms with Crippen LogP contribution in [-0.4, -0.2) is 12.6 Å². The molecular formula is C14H18F2O2. The van der Waals surface area contributed by atoms with Crippen LogP contribution in [0.5, 0.6) is 0 Å². The summed E-state index contributed by atoms with van der Waals surface area (Å²) in [5, 5.41) is 0. The van der Waals surface area contributed by atoms with Gasteiger partial charge in [0.05, 0.1) is 6.61 Å². The Morgan fingerprint density at radius 3 is 1.94 bits per heavy atom. The van der Waals surface area contributed by atoms with E-state index in [2.05, 4.69) is 4.74 Å². The highest BCUT2D eigenvalue weighted by molar-refractivity contribution is 5.79. The molecule has 0 saturated heterocycles. The average Bonchev–Trinajstić information content (AvgIpc) is 2.28. The van der Waals surface area contributed by atoms with E-state index in [9.17, 15) is 13.6 Å². The van der Waals surface area contributed by atoms with Gasteiger partial charge in [0.15, 0.2) is 0 Å². The fourth-order valence-corrected chi connectivity index (χ4v) is 1.52. The Kier molecular flexibility index (Phi) is 4.09. The maximum Gasteiger partial charge on any atom is 0.381 e. The highest BCUT2D eigenvalue weighted by Gasteiger charge is 2.42. The molecule has 0 aromatic heterocycles. The maximum atomic E-state index is 13.7. The molecule has 0 aliphatic carbocycles. The summed E-state index contributed by atoms with van der Waals surface area (Å²) in [7, 11) is 0. The van der Waals surface area contributed by atoms with Crippen molar-refractivity contribution < 1.29 is 18.3 Å². The second kappa shape index (κ2) is 5.04. The number of hydrogen-bond acceptors (Lipinski definition) is 2. The fourth-order valence-electron chi connectivity index (χ4n) is 1.52. The molecule has 0 aliphatic rings. The summed E-state index contributed by atoms with van der Waals surface area (Å²) in [5.41, 5.74) is 0.484. The van der Waals surface area contributed by atoms with Crippen LogP contribution >= 0.6 is 0 Å². The van der Waals surface area contributed by atoms with Crippen molar-refractivity contribution in [2.45, 2.75) is 39.0 Å². The zero-order valence-electron chi connectivity index (χ0n) is 11.1. The zero-order valence-corrected chi connectivity index (χ0v) is 11.1. The Morgan fingerprint density at radius 1 is 1.11 bits per heavy atom. The van der Waals surface area contributed by atoms with Gasteiger partial charge in [-0.3, -0.25) is 0 Å². The monoisotopic (exact) mass is 256 g/mol. The van der Waals surface area contributed by atoms with Crippen LogP contribution in [0.25, 0.3) is 0 Å². The molecule has 4 heteroatoms. The van der Waals surface area contributed by atoms with Gasteiger partial charge in [-0.2, -0.15) is 8.78 Å². The van der Waals surface area contributed by atoms with Crippen LogP contribution < -0.4 is 0 Å². The van der Waals surface area contributed by atoms with Crippen LogP contribution in [0.4, 0.5) is 8.78 Å². The predicted octanol–water partition coefficient (Wildman–Crippen LogP) is 3.64. The van der Waals surface area contributed by atoms with E-state index in [4.69, 9.17) is 0 Å². The van der Waals surface area contributed by atoms with Crippen LogP contribution in [0, 0.1) is 0 Å². The lowest BCUT2D eigenvalue weighted by molar-refractivity contribution is -0.173. The summed E-state index contributed by atoms with van der Waals surface area (Å²) in [4.78, 5) is 11.2. The van der Waals surface area contributed by atoms with Gasteiger partial charge >= 0.3 is 11.9 Å². The van der Waals surface area contributed by atoms with Crippen molar-refractivity contribution in [3.8, 4) is 0 Å². The quantitative estimate of drug-likeness (QED) is 0.772. The lowest BCUT2D eigenvalue weighted by Crippen LogP contribution is -2.28. The SMILES string of the molecule is CCOC(=O)C(F)(F)c1ccc(C(C)(C)C)cc1. The molecule has 0 atom stereocenters. The molecule has 0 fully saturated rings. The van der Waals surface area contributed by atoms with Crippen molar-refractivity contribution in [3.05, 3.63) is 35.4 Å². The number of hydrogen-bond donors (Lipinski definition) is 0. The molecular weight excluding hydrogens is 238 g/mol. The Bertz CT molecular complexity index is 416. The largest absolute Gasteiger partial charge is 0.461 e. The minimum Gasteiger partial charge on any atom is -0.461 e. The van der Waals surface area contributed by atoms with E-state index in [1.165, 1.54) is 19.1 Å². The highest BCUT2D eigenvalue weighted by atomic mass is 19.3. The second-order valence-electron chi connectivity index (χ2n) is 5.12. The Labute approximate surface area is 106 Å². The molecule has 18 heavy (non-hydrogen) atoms. The normalized spacial score (nSPS) is 12.3. The first-order chi connectivity index (χ1) is 8.19. The molecule has 0 amide bonds. The Balaban J connectivity index is 3.01. The summed E-state index contributed by atoms with van der Waals surface area (Å²) < 4.78 is 31.8. The van der Waals surface area contributed by atoms with Crippen molar-refractivity contribution in [3.63, 3.8) is 0 Å². The van der Waals surface area contributed by atoms with Crippen molar-refractivity contribution in [1.82, 2.24) is 0 Å². The van der Waals surface area contributed by atoms with E-state index in [0.717, 1.165) is 5.56 Å². The minimum atomic E-state index is -3.59. The zero-order chi connectivity index (χ0) is 14.0. The summed E-state index contributed by atoms with van der Waals surface area (Å²) >= 11 is 0. The molecule has 1 aromatic rings. The third-order valence-corrected chi connectivity index (χ3v) is 2.65. The van der Waals surface area contributed by atoms with Crippen LogP contribution in [0.1, 0.15) is 38.8 Å². The number of esters is 1. The molecule has 0 heterocycles. The number of halogens is 2. The number of rotatable bonds is 3. The third kappa shape index (κ3) is 3.06. The molecule has 0 bridgehead atoms. The molecule has 0 spiro atoms. The summed E-state index contributed by atoms with van der Waals surface area (Å²) in [5.74, 6) is -5.10. The smallest absolute Gasteiger partial charge is 0.381 e. The summed E-state index contributed by atoms with van der Waals surface area (Å²) in [6, 6.07) is 5.78. The van der Waals surface area contributed by atoms with Gasteiger partial charge < -0.3 is 4.74 Å². The van der Waals surface area contributed by atoms with Gasteiger partial charge in [0.25, 0.3) is 0 Å². The van der Waals surface area contributed by atoms with E-state index in [0.29, 0.717) is 0 Å². The lowest BCUT2D eigenvalue weighted by atomic mass is 9.86. The standard InChI is InChI=1S/C14H18F2O2/c1-5-18-12(17)14(15,16)11-8-6-10(7-9-11)13(2,3)4/h6-9H,5H2,1-4H3. The lowest BCUT2D eigenvalue weighted by Gasteiger charge is -2.20. The average molecular weight is 256 g/mol. The first kappa shape index (κ1) is 14.6. The molecule has 0 radical (unpaired) electrons. The first-order valence-corrected chi connectivity index (χ1v) is 5.85. The van der Waals surface area contributed by atoms with Gasteiger partial charge in [-0.05, 0) is 17.9 Å². The minimum absolute atomic E-state index is 0.0610. The van der Waals surface area contributed by atoms with Crippen molar-refractivity contribution in [2.75, 3.05) is 6.61 Å².